The number of nitrogens with one attached hydrogen (secondary N) is 1. The lowest BCUT2D eigenvalue weighted by atomic mass is 9.85. The van der Waals surface area contributed by atoms with Gasteiger partial charge in [0, 0.05) is 24.7 Å². The van der Waals surface area contributed by atoms with E-state index < -0.39 is 0 Å². The summed E-state index contributed by atoms with van der Waals surface area (Å²) in [5, 5.41) is 3.67. The molecule has 98 valence electrons. The molecule has 1 N–H and O–H groups in total. The first-order chi connectivity index (χ1) is 8.17. The Morgan fingerprint density at radius 2 is 1.65 bits per heavy atom. The first-order valence-corrected chi connectivity index (χ1v) is 7.67. The highest BCUT2D eigenvalue weighted by molar-refractivity contribution is 4.97. The van der Waals surface area contributed by atoms with Crippen LogP contribution in [0.5, 0.6) is 0 Å². The van der Waals surface area contributed by atoms with Gasteiger partial charge >= 0.3 is 0 Å². The first-order valence-electron chi connectivity index (χ1n) is 7.67. The van der Waals surface area contributed by atoms with E-state index in [0.29, 0.717) is 12.1 Å². The van der Waals surface area contributed by atoms with Gasteiger partial charge in [-0.25, -0.2) is 0 Å². The van der Waals surface area contributed by atoms with Gasteiger partial charge in [-0.3, -0.25) is 4.90 Å². The molecule has 3 fully saturated rings. The molecule has 1 saturated carbocycles. The van der Waals surface area contributed by atoms with E-state index in [1.807, 2.05) is 0 Å². The monoisotopic (exact) mass is 236 g/mol. The second-order valence-electron chi connectivity index (χ2n) is 7.02. The minimum absolute atomic E-state index is 0.712. The Morgan fingerprint density at radius 1 is 1.00 bits per heavy atom. The molecule has 0 aromatic heterocycles. The van der Waals surface area contributed by atoms with Gasteiger partial charge in [-0.1, -0.05) is 12.8 Å². The Morgan fingerprint density at radius 3 is 2.29 bits per heavy atom. The molecule has 2 saturated heterocycles. The van der Waals surface area contributed by atoms with E-state index in [-0.39, 0.29) is 0 Å². The van der Waals surface area contributed by atoms with Crippen molar-refractivity contribution in [2.45, 2.75) is 76.9 Å². The Balaban J connectivity index is 1.62. The van der Waals surface area contributed by atoms with Crippen molar-refractivity contribution in [2.24, 2.45) is 5.41 Å². The number of likely N-dealkylation sites (tertiary alicyclic amines) is 1. The van der Waals surface area contributed by atoms with Crippen LogP contribution in [0, 0.1) is 5.41 Å². The molecule has 0 radical (unpaired) electrons. The van der Waals surface area contributed by atoms with Crippen LogP contribution in [-0.4, -0.2) is 36.1 Å². The maximum atomic E-state index is 3.67. The Bertz CT molecular complexity index is 260. The number of rotatable bonds is 1. The van der Waals surface area contributed by atoms with Gasteiger partial charge in [-0.15, -0.1) is 0 Å². The molecule has 0 aromatic rings. The van der Waals surface area contributed by atoms with Gasteiger partial charge in [-0.2, -0.15) is 0 Å². The fraction of sp³-hybridized carbons (Fsp3) is 1.00. The molecule has 0 bridgehead atoms. The largest absolute Gasteiger partial charge is 0.312 e. The van der Waals surface area contributed by atoms with Crippen molar-refractivity contribution in [2.75, 3.05) is 13.1 Å². The van der Waals surface area contributed by atoms with E-state index in [9.17, 15) is 0 Å². The Labute approximate surface area is 106 Å². The van der Waals surface area contributed by atoms with Crippen LogP contribution in [0.3, 0.4) is 0 Å². The molecule has 2 heteroatoms. The number of hydrogen-bond acceptors (Lipinski definition) is 2. The van der Waals surface area contributed by atoms with E-state index in [1.165, 1.54) is 58.0 Å². The Hall–Kier alpha value is -0.0800. The van der Waals surface area contributed by atoms with Crippen LogP contribution in [0.4, 0.5) is 0 Å². The lowest BCUT2D eigenvalue weighted by Crippen LogP contribution is -2.50. The highest BCUT2D eigenvalue weighted by atomic mass is 15.2. The average Bonchev–Trinajstić information content (AvgIpc) is 2.88. The number of hydrogen-bond donors (Lipinski definition) is 1. The van der Waals surface area contributed by atoms with Crippen LogP contribution in [0.1, 0.15) is 58.8 Å². The van der Waals surface area contributed by atoms with E-state index >= 15 is 0 Å². The summed E-state index contributed by atoms with van der Waals surface area (Å²) in [6.45, 7) is 7.50. The van der Waals surface area contributed by atoms with Crippen LogP contribution in [0.2, 0.25) is 0 Å². The third-order valence-corrected chi connectivity index (χ3v) is 5.47. The van der Waals surface area contributed by atoms with Gasteiger partial charge in [0.2, 0.25) is 0 Å². The van der Waals surface area contributed by atoms with Crippen LogP contribution in [0.15, 0.2) is 0 Å². The van der Waals surface area contributed by atoms with E-state index in [0.717, 1.165) is 11.5 Å². The van der Waals surface area contributed by atoms with Crippen molar-refractivity contribution in [3.8, 4) is 0 Å². The summed E-state index contributed by atoms with van der Waals surface area (Å²) in [6, 6.07) is 2.29. The summed E-state index contributed by atoms with van der Waals surface area (Å²) >= 11 is 0. The van der Waals surface area contributed by atoms with Crippen LogP contribution >= 0.6 is 0 Å². The van der Waals surface area contributed by atoms with Crippen molar-refractivity contribution in [3.63, 3.8) is 0 Å². The van der Waals surface area contributed by atoms with Crippen molar-refractivity contribution in [3.05, 3.63) is 0 Å². The molecule has 2 heterocycles. The molecule has 17 heavy (non-hydrogen) atoms. The van der Waals surface area contributed by atoms with Gasteiger partial charge in [0.05, 0.1) is 0 Å². The fourth-order valence-electron chi connectivity index (χ4n) is 4.65. The maximum Gasteiger partial charge on any atom is 0.0125 e. The lowest BCUT2D eigenvalue weighted by molar-refractivity contribution is 0.139. The fourth-order valence-corrected chi connectivity index (χ4v) is 4.65. The van der Waals surface area contributed by atoms with Crippen molar-refractivity contribution >= 4 is 0 Å². The van der Waals surface area contributed by atoms with Gasteiger partial charge < -0.3 is 5.32 Å². The minimum atomic E-state index is 0.712. The van der Waals surface area contributed by atoms with Gasteiger partial charge in [0.15, 0.2) is 0 Å². The molecule has 2 unspecified atom stereocenters. The van der Waals surface area contributed by atoms with E-state index in [2.05, 4.69) is 24.1 Å². The summed E-state index contributed by atoms with van der Waals surface area (Å²) in [7, 11) is 0. The zero-order valence-electron chi connectivity index (χ0n) is 11.5. The second-order valence-corrected chi connectivity index (χ2v) is 7.02. The SMILES string of the molecule is CC1CC(N2CCC3(CCCC3)C2)CC(C)N1. The van der Waals surface area contributed by atoms with Crippen LogP contribution in [0.25, 0.3) is 0 Å². The third kappa shape index (κ3) is 2.39. The topological polar surface area (TPSA) is 15.3 Å². The normalized spacial score (nSPS) is 42.4. The average molecular weight is 236 g/mol. The number of nitrogens with zero attached hydrogens (tertiary/aromatic N) is 1. The molecule has 0 aromatic carbocycles. The molecule has 2 nitrogen and oxygen atoms in total. The standard InChI is InChI=1S/C15H28N2/c1-12-9-14(10-13(2)16-12)17-8-7-15(11-17)5-3-4-6-15/h12-14,16H,3-11H2,1-2H3. The van der Waals surface area contributed by atoms with Crippen LogP contribution in [-0.2, 0) is 0 Å². The highest BCUT2D eigenvalue weighted by Gasteiger charge is 2.42. The zero-order chi connectivity index (χ0) is 11.9. The molecule has 2 atom stereocenters. The molecule has 1 spiro atoms. The van der Waals surface area contributed by atoms with E-state index in [1.54, 1.807) is 0 Å². The summed E-state index contributed by atoms with van der Waals surface area (Å²) in [6.07, 6.45) is 10.2. The summed E-state index contributed by atoms with van der Waals surface area (Å²) < 4.78 is 0. The first kappa shape index (κ1) is 12.0. The quantitative estimate of drug-likeness (QED) is 0.753. The van der Waals surface area contributed by atoms with E-state index in [4.69, 9.17) is 0 Å². The van der Waals surface area contributed by atoms with Crippen LogP contribution < -0.4 is 5.32 Å². The summed E-state index contributed by atoms with van der Waals surface area (Å²) in [5.74, 6) is 0. The van der Waals surface area contributed by atoms with Gasteiger partial charge in [0.1, 0.15) is 0 Å². The summed E-state index contributed by atoms with van der Waals surface area (Å²) in [5.41, 5.74) is 0.747. The molecule has 1 aliphatic carbocycles. The number of piperidine rings is 1. The lowest BCUT2D eigenvalue weighted by Gasteiger charge is -2.39. The molecule has 3 rings (SSSR count). The summed E-state index contributed by atoms with van der Waals surface area (Å²) in [4.78, 5) is 2.83. The predicted octanol–water partition coefficient (Wildman–Crippen LogP) is 2.78. The van der Waals surface area contributed by atoms with Crippen molar-refractivity contribution < 1.29 is 0 Å². The molecule has 0 amide bonds. The molecule has 3 aliphatic rings. The smallest absolute Gasteiger partial charge is 0.0125 e. The maximum absolute atomic E-state index is 3.67. The van der Waals surface area contributed by atoms with Gasteiger partial charge in [-0.05, 0) is 57.9 Å². The zero-order valence-corrected chi connectivity index (χ0v) is 11.5. The second kappa shape index (κ2) is 4.55. The highest BCUT2D eigenvalue weighted by Crippen LogP contribution is 2.46. The Kier molecular flexibility index (Phi) is 3.20. The van der Waals surface area contributed by atoms with Gasteiger partial charge in [0.25, 0.3) is 0 Å². The third-order valence-electron chi connectivity index (χ3n) is 5.47. The predicted molar refractivity (Wildman–Crippen MR) is 72.2 cm³/mol. The minimum Gasteiger partial charge on any atom is -0.312 e. The molecular formula is C15H28N2. The van der Waals surface area contributed by atoms with Crippen molar-refractivity contribution in [1.82, 2.24) is 10.2 Å². The molecular weight excluding hydrogens is 208 g/mol. The van der Waals surface area contributed by atoms with Crippen molar-refractivity contribution in [1.29, 1.82) is 0 Å². The molecule has 2 aliphatic heterocycles.